The summed E-state index contributed by atoms with van der Waals surface area (Å²) < 4.78 is 33.4. The van der Waals surface area contributed by atoms with E-state index in [2.05, 4.69) is 10.6 Å². The fourth-order valence-corrected chi connectivity index (χ4v) is 9.14. The third kappa shape index (κ3) is 11.1. The maximum absolute atomic E-state index is 14.0. The van der Waals surface area contributed by atoms with Gasteiger partial charge in [0.1, 0.15) is 54.2 Å². The first-order valence-corrected chi connectivity index (χ1v) is 22.2. The third-order valence-corrected chi connectivity index (χ3v) is 12.7. The van der Waals surface area contributed by atoms with Crippen molar-refractivity contribution in [3.05, 3.63) is 51.6 Å². The van der Waals surface area contributed by atoms with Gasteiger partial charge >= 0.3 is 6.09 Å². The Morgan fingerprint density at radius 3 is 2.37 bits per heavy atom. The van der Waals surface area contributed by atoms with Gasteiger partial charge in [0, 0.05) is 61.4 Å². The highest BCUT2D eigenvalue weighted by Gasteiger charge is 2.50. The van der Waals surface area contributed by atoms with Gasteiger partial charge < -0.3 is 81.2 Å². The fraction of sp³-hybridized carbons (Fsp3) is 0.578. The number of benzene rings is 2. The summed E-state index contributed by atoms with van der Waals surface area (Å²) >= 11 is 0. The lowest BCUT2D eigenvalue weighted by Gasteiger charge is -2.43. The van der Waals surface area contributed by atoms with E-state index in [0.717, 1.165) is 0 Å². The van der Waals surface area contributed by atoms with Gasteiger partial charge in [0.2, 0.25) is 17.6 Å². The Bertz CT molecular complexity index is 2270. The Kier molecular flexibility index (Phi) is 16.9. The second-order valence-electron chi connectivity index (χ2n) is 17.3. The molecule has 0 bridgehead atoms. The fourth-order valence-electron chi connectivity index (χ4n) is 9.14. The summed E-state index contributed by atoms with van der Waals surface area (Å²) in [5, 5.41) is 71.1. The SMILES string of the molecule is COc1cccc2c1C(=O)c1c(O)c3c(c(O)c1C2=O)C[C@@](O)(C(=O)CO)C[C@H]3OC1C[C@H](NC(=O)CCCC(=O)COCCOCCNC(=O)OC2CCC(N)C(O)C2C(N)=O)[C@H](O)[C@H](C)O1. The number of nitrogens with two attached hydrogens (primary N) is 2. The minimum absolute atomic E-state index is 0.0115. The van der Waals surface area contributed by atoms with Crippen molar-refractivity contribution in [3.8, 4) is 17.2 Å². The summed E-state index contributed by atoms with van der Waals surface area (Å²) in [6.07, 6.45) is -8.87. The quantitative estimate of drug-likeness (QED) is 0.0460. The Morgan fingerprint density at radius 2 is 1.66 bits per heavy atom. The van der Waals surface area contributed by atoms with E-state index in [9.17, 15) is 64.2 Å². The van der Waals surface area contributed by atoms with Crippen molar-refractivity contribution in [2.24, 2.45) is 17.4 Å². The van der Waals surface area contributed by atoms with E-state index in [4.69, 9.17) is 39.9 Å². The number of ketones is 4. The number of carbonyl (C=O) groups excluding carboxylic acids is 7. The van der Waals surface area contributed by atoms with Gasteiger partial charge in [-0.2, -0.15) is 0 Å². The van der Waals surface area contributed by atoms with Crippen LogP contribution in [-0.4, -0.2) is 167 Å². The molecule has 4 aliphatic rings. The largest absolute Gasteiger partial charge is 0.507 e. The highest BCUT2D eigenvalue weighted by Crippen LogP contribution is 2.52. The Balaban J connectivity index is 0.976. The standard InChI is InChI=1S/C45H58N4O19/c1-20-37(54)25(49-30(53)8-3-5-21(51)19-65-14-13-64-12-11-48-44(61)68-27-10-9-24(46)40(57)34(27)43(47)60)15-31(66-20)67-28-17-45(62,29(52)18-50)16-23-33(28)42(59)36-35(39(23)56)38(55)22-6-4-7-26(63-2)32(22)41(36)58/h4,6-7,20,24-25,27-28,31,34,37,40,50,54,56-57,59,62H,3,5,8-19,46H2,1-2H3,(H2,47,60)(H,48,61)(H,49,53)/t20-,24?,25-,27?,28+,31?,34?,37+,40?,45-/m0/s1. The average molecular weight is 959 g/mol. The molecule has 2 aromatic carbocycles. The molecular formula is C45H58N4O19. The van der Waals surface area contributed by atoms with Crippen LogP contribution in [0.2, 0.25) is 0 Å². The maximum atomic E-state index is 14.0. The first-order valence-electron chi connectivity index (χ1n) is 22.2. The van der Waals surface area contributed by atoms with Gasteiger partial charge in [0.05, 0.1) is 68.0 Å². The van der Waals surface area contributed by atoms with E-state index in [1.165, 1.54) is 32.2 Å². The normalized spacial score (nSPS) is 27.5. The second-order valence-corrected chi connectivity index (χ2v) is 17.3. The van der Waals surface area contributed by atoms with Crippen molar-refractivity contribution in [1.29, 1.82) is 0 Å². The van der Waals surface area contributed by atoms with Crippen LogP contribution in [0.3, 0.4) is 0 Å². The third-order valence-electron chi connectivity index (χ3n) is 12.7. The predicted octanol–water partition coefficient (Wildman–Crippen LogP) is -1.39. The van der Waals surface area contributed by atoms with E-state index < -0.39 is 138 Å². The number of rotatable bonds is 20. The zero-order valence-electron chi connectivity index (χ0n) is 37.5. The van der Waals surface area contributed by atoms with Crippen LogP contribution in [0.5, 0.6) is 17.2 Å². The summed E-state index contributed by atoms with van der Waals surface area (Å²) in [5.74, 6) is -7.01. The number of hydrogen-bond acceptors (Lipinski definition) is 20. The maximum Gasteiger partial charge on any atom is 0.407 e. The summed E-state index contributed by atoms with van der Waals surface area (Å²) in [5.41, 5.74) is 6.87. The molecule has 1 heterocycles. The smallest absolute Gasteiger partial charge is 0.407 e. The van der Waals surface area contributed by atoms with Gasteiger partial charge in [-0.25, -0.2) is 4.79 Å². The zero-order valence-corrected chi connectivity index (χ0v) is 37.5. The molecule has 2 aromatic rings. The number of phenols is 2. The van der Waals surface area contributed by atoms with E-state index in [1.807, 2.05) is 0 Å². The Labute approximate surface area is 389 Å². The van der Waals surface area contributed by atoms with Gasteiger partial charge in [-0.05, 0) is 32.3 Å². The molecule has 12 N–H and O–H groups in total. The highest BCUT2D eigenvalue weighted by atomic mass is 16.7. The van der Waals surface area contributed by atoms with Gasteiger partial charge in [0.25, 0.3) is 0 Å². The van der Waals surface area contributed by atoms with Crippen molar-refractivity contribution >= 4 is 41.0 Å². The summed E-state index contributed by atoms with van der Waals surface area (Å²) in [4.78, 5) is 90.1. The number of phenolic OH excluding ortho intramolecular Hbond substituents is 2. The first-order chi connectivity index (χ1) is 32.3. The van der Waals surface area contributed by atoms with Gasteiger partial charge in [-0.1, -0.05) is 12.1 Å². The molecule has 1 aliphatic heterocycles. The molecule has 0 aromatic heterocycles. The Morgan fingerprint density at radius 1 is 0.941 bits per heavy atom. The molecule has 2 fully saturated rings. The van der Waals surface area contributed by atoms with Crippen LogP contribution in [0, 0.1) is 5.92 Å². The van der Waals surface area contributed by atoms with Crippen LogP contribution in [0.1, 0.15) is 101 Å². The molecule has 10 atom stereocenters. The monoisotopic (exact) mass is 958 g/mol. The molecule has 372 valence electrons. The molecule has 5 unspecified atom stereocenters. The van der Waals surface area contributed by atoms with Crippen molar-refractivity contribution < 1.29 is 92.6 Å². The summed E-state index contributed by atoms with van der Waals surface area (Å²) in [7, 11) is 1.29. The van der Waals surface area contributed by atoms with Gasteiger partial charge in [0.15, 0.2) is 23.6 Å². The molecule has 23 heteroatoms. The lowest BCUT2D eigenvalue weighted by Crippen LogP contribution is -2.55. The van der Waals surface area contributed by atoms with Gasteiger partial charge in [-0.15, -0.1) is 0 Å². The molecule has 1 saturated carbocycles. The second kappa shape index (κ2) is 22.2. The van der Waals surface area contributed by atoms with E-state index in [-0.39, 0.29) is 98.9 Å². The van der Waals surface area contributed by atoms with E-state index in [0.29, 0.717) is 6.42 Å². The molecule has 23 nitrogen and oxygen atoms in total. The molecule has 6 rings (SSSR count). The van der Waals surface area contributed by atoms with Crippen molar-refractivity contribution in [1.82, 2.24) is 10.6 Å². The zero-order chi connectivity index (χ0) is 49.6. The number of ether oxygens (including phenoxy) is 6. The molecule has 0 spiro atoms. The summed E-state index contributed by atoms with van der Waals surface area (Å²) in [6.45, 7) is 0.397. The number of Topliss-reactive ketones (excluding diaryl/α,β-unsaturated/α-hetero) is 2. The van der Waals surface area contributed by atoms with Crippen molar-refractivity contribution in [2.45, 2.75) is 113 Å². The number of aromatic hydroxyl groups is 2. The number of alkyl carbamates (subject to hydrolysis) is 1. The van der Waals surface area contributed by atoms with Gasteiger partial charge in [-0.3, -0.25) is 28.8 Å². The number of carbonyl (C=O) groups is 7. The average Bonchev–Trinajstić information content (AvgIpc) is 3.29. The minimum Gasteiger partial charge on any atom is -0.507 e. The van der Waals surface area contributed by atoms with E-state index >= 15 is 0 Å². The number of methoxy groups -OCH3 is 1. The first kappa shape index (κ1) is 51.8. The number of amides is 3. The van der Waals surface area contributed by atoms with Crippen LogP contribution in [0.4, 0.5) is 4.79 Å². The number of hydrogen-bond donors (Lipinski definition) is 10. The molecular weight excluding hydrogens is 901 g/mol. The molecule has 1 saturated heterocycles. The molecule has 3 aliphatic carbocycles. The van der Waals surface area contributed by atoms with Crippen molar-refractivity contribution in [2.75, 3.05) is 46.7 Å². The lowest BCUT2D eigenvalue weighted by atomic mass is 9.72. The number of fused-ring (bicyclic) bond motifs is 3. The highest BCUT2D eigenvalue weighted by molar-refractivity contribution is 6.31. The van der Waals surface area contributed by atoms with Crippen LogP contribution in [0.15, 0.2) is 18.2 Å². The molecule has 0 radical (unpaired) electrons. The van der Waals surface area contributed by atoms with Crippen molar-refractivity contribution in [3.63, 3.8) is 0 Å². The number of primary amides is 1. The van der Waals surface area contributed by atoms with E-state index in [1.54, 1.807) is 0 Å². The molecule has 3 amide bonds. The molecule has 68 heavy (non-hydrogen) atoms. The minimum atomic E-state index is -2.38. The summed E-state index contributed by atoms with van der Waals surface area (Å²) in [6, 6.07) is 2.62. The Hall–Kier alpha value is -5.63. The van der Waals surface area contributed by atoms with Crippen LogP contribution in [-0.2, 0) is 49.3 Å². The lowest BCUT2D eigenvalue weighted by molar-refractivity contribution is -0.249. The predicted molar refractivity (Wildman–Crippen MR) is 230 cm³/mol. The number of nitrogens with one attached hydrogen (secondary N) is 2. The number of aliphatic hydroxyl groups excluding tert-OH is 3. The van der Waals surface area contributed by atoms with Crippen LogP contribution in [0.25, 0.3) is 0 Å². The topological polar surface area (TPSA) is 372 Å². The van der Waals surface area contributed by atoms with Crippen LogP contribution < -0.4 is 26.8 Å². The number of aliphatic hydroxyl groups is 4. The van der Waals surface area contributed by atoms with Crippen LogP contribution >= 0.6 is 0 Å².